The fraction of sp³-hybridized carbons (Fsp3) is 0.333. The number of rotatable bonds is 3. The summed E-state index contributed by atoms with van der Waals surface area (Å²) in [6, 6.07) is 3.88. The van der Waals surface area contributed by atoms with Gasteiger partial charge in [0.1, 0.15) is 12.1 Å². The number of ether oxygens (including phenoxy) is 2. The molecule has 5 heteroatoms. The highest BCUT2D eigenvalue weighted by atomic mass is 16.5. The minimum Gasteiger partial charge on any atom is -0.477 e. The Labute approximate surface area is 98.0 Å². The molecule has 1 aliphatic rings. The maximum absolute atomic E-state index is 8.79. The van der Waals surface area contributed by atoms with Crippen molar-refractivity contribution in [1.29, 1.82) is 0 Å². The Bertz CT molecular complexity index is 557. The summed E-state index contributed by atoms with van der Waals surface area (Å²) in [5, 5.41) is 9.81. The van der Waals surface area contributed by atoms with E-state index < -0.39 is 0 Å². The van der Waals surface area contributed by atoms with Gasteiger partial charge in [0.15, 0.2) is 0 Å². The first-order valence-corrected chi connectivity index (χ1v) is 5.54. The van der Waals surface area contributed by atoms with Crippen molar-refractivity contribution in [3.63, 3.8) is 0 Å². The number of aliphatic hydroxyl groups is 1. The molecule has 2 aromatic heterocycles. The summed E-state index contributed by atoms with van der Waals surface area (Å²) >= 11 is 0. The summed E-state index contributed by atoms with van der Waals surface area (Å²) in [5.74, 6) is 1.05. The number of hydrogen-bond acceptors (Lipinski definition) is 5. The van der Waals surface area contributed by atoms with Crippen molar-refractivity contribution in [2.45, 2.75) is 6.42 Å². The van der Waals surface area contributed by atoms with E-state index in [1.165, 1.54) is 0 Å². The highest BCUT2D eigenvalue weighted by molar-refractivity contribution is 5.87. The Hall–Kier alpha value is -1.88. The van der Waals surface area contributed by atoms with Crippen molar-refractivity contribution >= 4 is 10.9 Å². The molecule has 0 unspecified atom stereocenters. The van der Waals surface area contributed by atoms with Crippen LogP contribution in [0.2, 0.25) is 0 Å². The van der Waals surface area contributed by atoms with E-state index in [0.717, 1.165) is 22.9 Å². The molecule has 2 aromatic rings. The number of hydrogen-bond donors (Lipinski definition) is 1. The van der Waals surface area contributed by atoms with Crippen LogP contribution in [0.25, 0.3) is 10.9 Å². The molecule has 0 aliphatic carbocycles. The average molecular weight is 232 g/mol. The van der Waals surface area contributed by atoms with Crippen molar-refractivity contribution in [2.24, 2.45) is 0 Å². The van der Waals surface area contributed by atoms with Gasteiger partial charge in [-0.15, -0.1) is 0 Å². The van der Waals surface area contributed by atoms with Gasteiger partial charge in [0.05, 0.1) is 13.2 Å². The lowest BCUT2D eigenvalue weighted by Crippen LogP contribution is -2.05. The van der Waals surface area contributed by atoms with E-state index in [9.17, 15) is 0 Å². The van der Waals surface area contributed by atoms with Crippen molar-refractivity contribution in [1.82, 2.24) is 9.97 Å². The van der Waals surface area contributed by atoms with Crippen LogP contribution in [0.5, 0.6) is 11.8 Å². The average Bonchev–Trinajstić information content (AvgIpc) is 2.84. The summed E-state index contributed by atoms with van der Waals surface area (Å²) in [7, 11) is 0. The predicted octanol–water partition coefficient (Wildman–Crippen LogP) is 0.936. The fourth-order valence-corrected chi connectivity index (χ4v) is 2.00. The fourth-order valence-electron chi connectivity index (χ4n) is 2.00. The molecule has 1 aliphatic heterocycles. The molecule has 0 saturated heterocycles. The molecule has 0 atom stereocenters. The molecule has 0 amide bonds. The molecule has 5 nitrogen and oxygen atoms in total. The van der Waals surface area contributed by atoms with Crippen LogP contribution in [0.15, 0.2) is 18.3 Å². The largest absolute Gasteiger partial charge is 0.477 e. The van der Waals surface area contributed by atoms with Gasteiger partial charge in [0.2, 0.25) is 11.8 Å². The quantitative estimate of drug-likeness (QED) is 0.853. The zero-order valence-corrected chi connectivity index (χ0v) is 9.22. The number of aliphatic hydroxyl groups excluding tert-OH is 1. The highest BCUT2D eigenvalue weighted by Gasteiger charge is 2.20. The Morgan fingerprint density at radius 1 is 1.47 bits per heavy atom. The lowest BCUT2D eigenvalue weighted by molar-refractivity contribution is 0.197. The van der Waals surface area contributed by atoms with E-state index >= 15 is 0 Å². The third kappa shape index (κ3) is 1.68. The molecule has 0 bridgehead atoms. The first kappa shape index (κ1) is 10.3. The normalized spacial score (nSPS) is 13.5. The smallest absolute Gasteiger partial charge is 0.243 e. The van der Waals surface area contributed by atoms with Gasteiger partial charge >= 0.3 is 0 Å². The van der Waals surface area contributed by atoms with Crippen LogP contribution in [0.1, 0.15) is 5.56 Å². The summed E-state index contributed by atoms with van der Waals surface area (Å²) in [6.45, 7) is 0.807. The second kappa shape index (κ2) is 4.18. The molecular weight excluding hydrogens is 220 g/mol. The van der Waals surface area contributed by atoms with Crippen LogP contribution in [0.3, 0.4) is 0 Å². The lowest BCUT2D eigenvalue weighted by Gasteiger charge is -2.09. The molecule has 0 aromatic carbocycles. The van der Waals surface area contributed by atoms with Gasteiger partial charge in [-0.05, 0) is 6.07 Å². The van der Waals surface area contributed by atoms with E-state index in [-0.39, 0.29) is 13.2 Å². The molecule has 3 rings (SSSR count). The summed E-state index contributed by atoms with van der Waals surface area (Å²) in [5.41, 5.74) is 1.81. The van der Waals surface area contributed by atoms with Gasteiger partial charge in [-0.3, -0.25) is 4.98 Å². The van der Waals surface area contributed by atoms with E-state index in [0.29, 0.717) is 18.4 Å². The Balaban J connectivity index is 2.18. The van der Waals surface area contributed by atoms with E-state index in [2.05, 4.69) is 9.97 Å². The summed E-state index contributed by atoms with van der Waals surface area (Å²) < 4.78 is 10.8. The zero-order chi connectivity index (χ0) is 11.7. The summed E-state index contributed by atoms with van der Waals surface area (Å²) in [6.07, 6.45) is 2.56. The van der Waals surface area contributed by atoms with Gasteiger partial charge < -0.3 is 14.6 Å². The Kier molecular flexibility index (Phi) is 2.53. The van der Waals surface area contributed by atoms with Crippen LogP contribution in [-0.4, -0.2) is 34.9 Å². The minimum atomic E-state index is -0.0477. The molecular formula is C12H12N2O3. The maximum atomic E-state index is 8.79. The molecule has 88 valence electrons. The van der Waals surface area contributed by atoms with Crippen molar-refractivity contribution in [2.75, 3.05) is 19.8 Å². The van der Waals surface area contributed by atoms with Crippen LogP contribution >= 0.6 is 0 Å². The predicted molar refractivity (Wildman–Crippen MR) is 61.3 cm³/mol. The Morgan fingerprint density at radius 2 is 2.41 bits per heavy atom. The van der Waals surface area contributed by atoms with E-state index in [1.54, 1.807) is 6.20 Å². The maximum Gasteiger partial charge on any atom is 0.243 e. The second-order valence-electron chi connectivity index (χ2n) is 3.77. The minimum absolute atomic E-state index is 0.0477. The van der Waals surface area contributed by atoms with Crippen LogP contribution in [0, 0.1) is 0 Å². The van der Waals surface area contributed by atoms with Gasteiger partial charge in [-0.25, -0.2) is 0 Å². The van der Waals surface area contributed by atoms with Crippen molar-refractivity contribution in [3.8, 4) is 11.8 Å². The molecule has 17 heavy (non-hydrogen) atoms. The van der Waals surface area contributed by atoms with Crippen molar-refractivity contribution in [3.05, 3.63) is 23.9 Å². The van der Waals surface area contributed by atoms with Crippen LogP contribution in [0.4, 0.5) is 0 Å². The topological polar surface area (TPSA) is 64.5 Å². The van der Waals surface area contributed by atoms with Gasteiger partial charge in [0, 0.05) is 23.6 Å². The molecule has 0 spiro atoms. The second-order valence-corrected chi connectivity index (χ2v) is 3.77. The molecule has 0 radical (unpaired) electrons. The lowest BCUT2D eigenvalue weighted by atomic mass is 10.1. The van der Waals surface area contributed by atoms with Gasteiger partial charge in [-0.2, -0.15) is 4.98 Å². The van der Waals surface area contributed by atoms with Gasteiger partial charge in [-0.1, -0.05) is 6.07 Å². The van der Waals surface area contributed by atoms with Crippen molar-refractivity contribution < 1.29 is 14.6 Å². The molecule has 0 saturated carbocycles. The molecule has 3 heterocycles. The highest BCUT2D eigenvalue weighted by Crippen LogP contribution is 2.34. The SMILES string of the molecule is OCCOc1nc2c(c3cccnc13)CCO2. The third-order valence-corrected chi connectivity index (χ3v) is 2.72. The number of pyridine rings is 2. The Morgan fingerprint density at radius 3 is 3.29 bits per heavy atom. The number of nitrogens with zero attached hydrogens (tertiary/aromatic N) is 2. The summed E-state index contributed by atoms with van der Waals surface area (Å²) in [4.78, 5) is 8.59. The first-order chi connectivity index (χ1) is 8.40. The van der Waals surface area contributed by atoms with Crippen LogP contribution < -0.4 is 9.47 Å². The molecule has 1 N–H and O–H groups in total. The first-order valence-electron chi connectivity index (χ1n) is 5.54. The number of fused-ring (bicyclic) bond motifs is 3. The standard InChI is InChI=1S/C12H12N2O3/c15-5-7-17-12-10-8(2-1-4-13-10)9-3-6-16-11(9)14-12/h1-2,4,15H,3,5-7H2. The zero-order valence-electron chi connectivity index (χ0n) is 9.22. The molecule has 0 fully saturated rings. The van der Waals surface area contributed by atoms with Crippen LogP contribution in [-0.2, 0) is 6.42 Å². The number of aromatic nitrogens is 2. The monoisotopic (exact) mass is 232 g/mol. The van der Waals surface area contributed by atoms with Gasteiger partial charge in [0.25, 0.3) is 0 Å². The van der Waals surface area contributed by atoms with E-state index in [1.807, 2.05) is 12.1 Å². The van der Waals surface area contributed by atoms with E-state index in [4.69, 9.17) is 14.6 Å². The third-order valence-electron chi connectivity index (χ3n) is 2.72.